The highest BCUT2D eigenvalue weighted by Crippen LogP contribution is 2.29. The van der Waals surface area contributed by atoms with Gasteiger partial charge < -0.3 is 5.32 Å². The molecule has 162 valence electrons. The molecule has 2 saturated heterocycles. The molecule has 1 N–H and O–H groups in total. The second kappa shape index (κ2) is 9.08. The Morgan fingerprint density at radius 1 is 1.17 bits per heavy atom. The molecule has 0 aliphatic carbocycles. The van der Waals surface area contributed by atoms with Crippen molar-refractivity contribution in [3.63, 3.8) is 0 Å². The number of anilines is 1. The van der Waals surface area contributed by atoms with Crippen LogP contribution in [0.2, 0.25) is 0 Å². The van der Waals surface area contributed by atoms with Gasteiger partial charge in [-0.2, -0.15) is 0 Å². The third-order valence-corrected chi connectivity index (χ3v) is 8.95. The van der Waals surface area contributed by atoms with Gasteiger partial charge in [-0.3, -0.25) is 14.0 Å². The van der Waals surface area contributed by atoms with E-state index in [2.05, 4.69) is 34.7 Å². The quantitative estimate of drug-likeness (QED) is 0.736. The van der Waals surface area contributed by atoms with E-state index in [0.717, 1.165) is 19.0 Å². The maximum atomic E-state index is 12.8. The summed E-state index contributed by atoms with van der Waals surface area (Å²) in [6.45, 7) is 5.48. The van der Waals surface area contributed by atoms with Crippen LogP contribution in [0.5, 0.6) is 0 Å². The van der Waals surface area contributed by atoms with E-state index in [9.17, 15) is 13.2 Å². The fraction of sp³-hybridized carbons (Fsp3) is 0.500. The number of rotatable bonds is 6. The molecule has 0 saturated carbocycles. The van der Waals surface area contributed by atoms with Crippen molar-refractivity contribution in [1.29, 1.82) is 0 Å². The molecule has 2 aliphatic heterocycles. The van der Waals surface area contributed by atoms with Crippen LogP contribution in [0.4, 0.5) is 5.69 Å². The van der Waals surface area contributed by atoms with Crippen molar-refractivity contribution < 1.29 is 13.2 Å². The molecule has 2 fully saturated rings. The zero-order chi connectivity index (χ0) is 21.1. The molecule has 0 unspecified atom stereocenters. The van der Waals surface area contributed by atoms with Gasteiger partial charge in [-0.25, -0.2) is 8.42 Å². The number of hydrogen-bond acceptors (Lipinski definition) is 5. The Balaban J connectivity index is 1.41. The minimum absolute atomic E-state index is 0.127. The second-order valence-electron chi connectivity index (χ2n) is 8.25. The Kier molecular flexibility index (Phi) is 6.46. The molecule has 1 amide bonds. The Morgan fingerprint density at radius 3 is 2.50 bits per heavy atom. The van der Waals surface area contributed by atoms with Crippen LogP contribution in [-0.4, -0.2) is 51.2 Å². The average molecular weight is 448 g/mol. The zero-order valence-corrected chi connectivity index (χ0v) is 18.9. The maximum absolute atomic E-state index is 12.8. The van der Waals surface area contributed by atoms with Crippen molar-refractivity contribution in [2.24, 2.45) is 5.92 Å². The summed E-state index contributed by atoms with van der Waals surface area (Å²) in [7, 11) is -3.21. The first kappa shape index (κ1) is 21.3. The molecule has 2 aromatic rings. The summed E-state index contributed by atoms with van der Waals surface area (Å²) >= 11 is 1.73. The highest BCUT2D eigenvalue weighted by atomic mass is 32.2. The molecule has 6 nitrogen and oxygen atoms in total. The fourth-order valence-corrected chi connectivity index (χ4v) is 6.66. The van der Waals surface area contributed by atoms with E-state index in [1.54, 1.807) is 35.6 Å². The van der Waals surface area contributed by atoms with Crippen LogP contribution in [0.15, 0.2) is 41.8 Å². The molecule has 2 aliphatic rings. The van der Waals surface area contributed by atoms with Gasteiger partial charge in [-0.1, -0.05) is 13.0 Å². The fourth-order valence-electron chi connectivity index (χ4n) is 4.23. The molecule has 1 aromatic heterocycles. The average Bonchev–Trinajstić information content (AvgIpc) is 3.39. The van der Waals surface area contributed by atoms with Gasteiger partial charge in [0, 0.05) is 23.5 Å². The number of likely N-dealkylation sites (tertiary alicyclic amines) is 1. The lowest BCUT2D eigenvalue weighted by Gasteiger charge is -2.36. The van der Waals surface area contributed by atoms with Crippen LogP contribution >= 0.6 is 11.3 Å². The van der Waals surface area contributed by atoms with Crippen molar-refractivity contribution in [2.45, 2.75) is 32.2 Å². The molecule has 1 aromatic carbocycles. The predicted octanol–water partition coefficient (Wildman–Crippen LogP) is 3.49. The maximum Gasteiger partial charge on any atom is 0.251 e. The van der Waals surface area contributed by atoms with E-state index in [0.29, 0.717) is 30.8 Å². The lowest BCUT2D eigenvalue weighted by Crippen LogP contribution is -2.41. The number of nitrogens with zero attached hydrogens (tertiary/aromatic N) is 2. The monoisotopic (exact) mass is 447 g/mol. The molecular formula is C22H29N3O3S2. The summed E-state index contributed by atoms with van der Waals surface area (Å²) in [5.41, 5.74) is 1.18. The van der Waals surface area contributed by atoms with E-state index in [-0.39, 0.29) is 17.7 Å². The van der Waals surface area contributed by atoms with Crippen LogP contribution < -0.4 is 9.62 Å². The van der Waals surface area contributed by atoms with Gasteiger partial charge in [0.1, 0.15) is 0 Å². The summed E-state index contributed by atoms with van der Waals surface area (Å²) in [6.07, 6.45) is 3.03. The van der Waals surface area contributed by atoms with Crippen molar-refractivity contribution >= 4 is 33.0 Å². The minimum Gasteiger partial charge on any atom is -0.350 e. The summed E-state index contributed by atoms with van der Waals surface area (Å²) in [4.78, 5) is 16.5. The van der Waals surface area contributed by atoms with Crippen LogP contribution in [0.1, 0.15) is 47.5 Å². The summed E-state index contributed by atoms with van der Waals surface area (Å²) in [5, 5.41) is 5.18. The lowest BCUT2D eigenvalue weighted by atomic mass is 9.97. The van der Waals surface area contributed by atoms with E-state index >= 15 is 0 Å². The number of hydrogen-bond donors (Lipinski definition) is 1. The molecule has 0 radical (unpaired) electrons. The highest BCUT2D eigenvalue weighted by Gasteiger charge is 2.29. The van der Waals surface area contributed by atoms with Crippen LogP contribution in [0.3, 0.4) is 0 Å². The molecular weight excluding hydrogens is 418 g/mol. The Morgan fingerprint density at radius 2 is 1.90 bits per heavy atom. The van der Waals surface area contributed by atoms with E-state index in [1.807, 2.05) is 0 Å². The van der Waals surface area contributed by atoms with Crippen molar-refractivity contribution in [3.05, 3.63) is 52.2 Å². The number of carbonyl (C=O) groups excluding carboxylic acids is 1. The lowest BCUT2D eigenvalue weighted by molar-refractivity contribution is 0.0915. The minimum atomic E-state index is -3.21. The summed E-state index contributed by atoms with van der Waals surface area (Å²) in [6, 6.07) is 11.3. The van der Waals surface area contributed by atoms with Crippen molar-refractivity contribution in [1.82, 2.24) is 10.2 Å². The van der Waals surface area contributed by atoms with Crippen LogP contribution in [0, 0.1) is 5.92 Å². The third-order valence-electron chi connectivity index (χ3n) is 6.10. The van der Waals surface area contributed by atoms with Crippen molar-refractivity contribution in [3.8, 4) is 0 Å². The topological polar surface area (TPSA) is 69.7 Å². The second-order valence-corrected chi connectivity index (χ2v) is 11.2. The first-order valence-corrected chi connectivity index (χ1v) is 13.1. The van der Waals surface area contributed by atoms with Gasteiger partial charge >= 0.3 is 0 Å². The van der Waals surface area contributed by atoms with E-state index in [4.69, 9.17) is 0 Å². The van der Waals surface area contributed by atoms with Crippen molar-refractivity contribution in [2.75, 3.05) is 36.2 Å². The zero-order valence-electron chi connectivity index (χ0n) is 17.3. The van der Waals surface area contributed by atoms with Gasteiger partial charge in [0.05, 0.1) is 17.5 Å². The third kappa shape index (κ3) is 4.71. The molecule has 8 heteroatoms. The Bertz CT molecular complexity index is 950. The van der Waals surface area contributed by atoms with Crippen LogP contribution in [-0.2, 0) is 10.0 Å². The smallest absolute Gasteiger partial charge is 0.251 e. The van der Waals surface area contributed by atoms with E-state index < -0.39 is 10.0 Å². The molecule has 3 heterocycles. The van der Waals surface area contributed by atoms with Gasteiger partial charge in [0.15, 0.2) is 0 Å². The normalized spacial score (nSPS) is 20.9. The first-order valence-electron chi connectivity index (χ1n) is 10.6. The number of amides is 1. The molecule has 0 bridgehead atoms. The molecule has 30 heavy (non-hydrogen) atoms. The van der Waals surface area contributed by atoms with Gasteiger partial charge in [0.2, 0.25) is 10.0 Å². The van der Waals surface area contributed by atoms with E-state index in [1.165, 1.54) is 22.0 Å². The molecule has 4 rings (SSSR count). The number of carbonyl (C=O) groups is 1. The highest BCUT2D eigenvalue weighted by molar-refractivity contribution is 7.93. The number of nitrogens with one attached hydrogen (secondary N) is 1. The van der Waals surface area contributed by atoms with Gasteiger partial charge in [0.25, 0.3) is 5.91 Å². The predicted molar refractivity (Wildman–Crippen MR) is 122 cm³/mol. The van der Waals surface area contributed by atoms with Crippen LogP contribution in [0.25, 0.3) is 0 Å². The molecule has 0 spiro atoms. The summed E-state index contributed by atoms with van der Waals surface area (Å²) in [5.74, 6) is 0.824. The SMILES string of the molecule is CC1CCN([C@@H](CNC(=O)c2ccc(N3CCCS3(=O)=O)cc2)c2cccs2)CC1. The first-order chi connectivity index (χ1) is 14.4. The standard InChI is InChI=1S/C22H29N3O3S2/c1-17-9-12-24(13-10-17)20(21-4-2-14-29-21)16-23-22(26)18-5-7-19(8-6-18)25-11-3-15-30(25,27)28/h2,4-8,14,17,20H,3,9-13,15-16H2,1H3,(H,23,26)/t20-/m0/s1. The Labute approximate surface area is 182 Å². The number of piperidine rings is 1. The number of thiophene rings is 1. The Hall–Kier alpha value is -1.90. The summed E-state index contributed by atoms with van der Waals surface area (Å²) < 4.78 is 25.6. The largest absolute Gasteiger partial charge is 0.350 e. The number of sulfonamides is 1. The number of benzene rings is 1. The molecule has 1 atom stereocenters. The van der Waals surface area contributed by atoms with Gasteiger partial charge in [-0.05, 0) is 74.0 Å². The van der Waals surface area contributed by atoms with Gasteiger partial charge in [-0.15, -0.1) is 11.3 Å².